The van der Waals surface area contributed by atoms with Crippen LogP contribution in [0.25, 0.3) is 64.7 Å². The number of benzene rings is 4. The normalized spacial score (nSPS) is 10.0. The highest BCUT2D eigenvalue weighted by Crippen LogP contribution is 2.33. The van der Waals surface area contributed by atoms with Crippen LogP contribution in [0.4, 0.5) is 0 Å². The Morgan fingerprint density at radius 2 is 0.639 bits per heavy atom. The number of azide groups is 3. The van der Waals surface area contributed by atoms with Gasteiger partial charge in [0.25, 0.3) is 0 Å². The number of hydrogen-bond donors (Lipinski definition) is 0. The zero-order chi connectivity index (χ0) is 25.2. The quantitative estimate of drug-likeness (QED) is 0.130. The van der Waals surface area contributed by atoms with Gasteiger partial charge in [-0.05, 0) is 84.9 Å². The molecule has 174 valence electrons. The molecule has 0 heterocycles. The molecule has 0 bridgehead atoms. The van der Waals surface area contributed by atoms with Crippen LogP contribution in [0, 0.1) is 0 Å². The van der Waals surface area contributed by atoms with E-state index in [1.54, 1.807) is 0 Å². The van der Waals surface area contributed by atoms with E-state index in [2.05, 4.69) is 48.3 Å². The average Bonchev–Trinajstić information content (AvgIpc) is 2.94. The number of hydrogen-bond acceptors (Lipinski definition) is 3. The predicted molar refractivity (Wildman–Crippen MR) is 141 cm³/mol. The van der Waals surface area contributed by atoms with Crippen LogP contribution in [0.1, 0.15) is 16.7 Å². The Morgan fingerprint density at radius 3 is 0.861 bits per heavy atom. The van der Waals surface area contributed by atoms with Crippen LogP contribution < -0.4 is 0 Å². The fourth-order valence-electron chi connectivity index (χ4n) is 3.88. The zero-order valence-electron chi connectivity index (χ0n) is 19.3. The van der Waals surface area contributed by atoms with E-state index in [9.17, 15) is 0 Å². The van der Waals surface area contributed by atoms with Crippen molar-refractivity contribution >= 4 is 0 Å². The molecule has 9 heteroatoms. The highest BCUT2D eigenvalue weighted by Gasteiger charge is 2.08. The molecule has 0 aliphatic rings. The number of rotatable bonds is 9. The fourth-order valence-corrected chi connectivity index (χ4v) is 3.88. The summed E-state index contributed by atoms with van der Waals surface area (Å²) in [4.78, 5) is 8.48. The Labute approximate surface area is 207 Å². The van der Waals surface area contributed by atoms with Crippen molar-refractivity contribution in [3.8, 4) is 33.4 Å². The lowest BCUT2D eigenvalue weighted by atomic mass is 9.92. The van der Waals surface area contributed by atoms with Crippen molar-refractivity contribution in [2.75, 3.05) is 0 Å². The van der Waals surface area contributed by atoms with Gasteiger partial charge in [-0.25, -0.2) is 0 Å². The molecule has 4 aromatic rings. The van der Waals surface area contributed by atoms with Crippen molar-refractivity contribution in [2.45, 2.75) is 19.6 Å². The lowest BCUT2D eigenvalue weighted by Gasteiger charge is -2.12. The molecule has 0 aliphatic carbocycles. The summed E-state index contributed by atoms with van der Waals surface area (Å²) < 4.78 is 0. The molecule has 0 atom stereocenters. The molecular formula is C27H21N9. The highest BCUT2D eigenvalue weighted by molar-refractivity contribution is 5.81. The van der Waals surface area contributed by atoms with Gasteiger partial charge in [0.05, 0.1) is 19.6 Å². The van der Waals surface area contributed by atoms with Gasteiger partial charge in [0.2, 0.25) is 0 Å². The van der Waals surface area contributed by atoms with E-state index in [-0.39, 0.29) is 0 Å². The summed E-state index contributed by atoms with van der Waals surface area (Å²) in [6.07, 6.45) is 0. The molecule has 0 aromatic heterocycles. The molecule has 0 unspecified atom stereocenters. The first-order chi connectivity index (χ1) is 17.7. The Balaban J connectivity index is 1.75. The summed E-state index contributed by atoms with van der Waals surface area (Å²) in [5.74, 6) is 0. The van der Waals surface area contributed by atoms with Crippen molar-refractivity contribution in [2.24, 2.45) is 15.3 Å². The molecule has 0 aliphatic heterocycles. The minimum Gasteiger partial charge on any atom is -0.0893 e. The van der Waals surface area contributed by atoms with E-state index >= 15 is 0 Å². The third-order valence-corrected chi connectivity index (χ3v) is 5.74. The molecule has 4 rings (SSSR count). The van der Waals surface area contributed by atoms with Gasteiger partial charge in [0.15, 0.2) is 0 Å². The van der Waals surface area contributed by atoms with Gasteiger partial charge >= 0.3 is 0 Å². The summed E-state index contributed by atoms with van der Waals surface area (Å²) in [5, 5.41) is 10.9. The molecule has 9 nitrogen and oxygen atoms in total. The number of nitrogens with zero attached hydrogens (tertiary/aromatic N) is 9. The summed E-state index contributed by atoms with van der Waals surface area (Å²) in [5.41, 5.74) is 34.8. The summed E-state index contributed by atoms with van der Waals surface area (Å²) >= 11 is 0. The van der Waals surface area contributed by atoms with E-state index in [1.165, 1.54) is 0 Å². The average molecular weight is 472 g/mol. The molecule has 0 amide bonds. The van der Waals surface area contributed by atoms with Crippen LogP contribution in [0.3, 0.4) is 0 Å². The van der Waals surface area contributed by atoms with E-state index in [0.29, 0.717) is 19.6 Å². The predicted octanol–water partition coefficient (Wildman–Crippen LogP) is 9.12. The van der Waals surface area contributed by atoms with Crippen molar-refractivity contribution in [1.82, 2.24) is 0 Å². The maximum Gasteiger partial charge on any atom is 0.0510 e. The van der Waals surface area contributed by atoms with Gasteiger partial charge in [-0.15, -0.1) is 0 Å². The molecule has 0 radical (unpaired) electrons. The van der Waals surface area contributed by atoms with Crippen LogP contribution >= 0.6 is 0 Å². The topological polar surface area (TPSA) is 146 Å². The third kappa shape index (κ3) is 6.03. The van der Waals surface area contributed by atoms with Gasteiger partial charge < -0.3 is 0 Å². The SMILES string of the molecule is [N-]=[N+]=NCc1ccc(-c2cc(-c3ccc(CN=[N+]=[N-])cc3)cc(-c3ccc(CN=[N+]=[N-])cc3)c2)cc1. The standard InChI is InChI=1S/C27H21N9/c28-34-31-16-19-1-7-22(8-2-19)25-13-26(23-9-3-20(4-10-23)17-32-35-29)15-27(14-25)24-11-5-21(6-12-24)18-33-36-30/h1-15H,16-18H2. The lowest BCUT2D eigenvalue weighted by Crippen LogP contribution is -1.88. The first kappa shape index (κ1) is 24.0. The van der Waals surface area contributed by atoms with Crippen molar-refractivity contribution in [1.29, 1.82) is 0 Å². The van der Waals surface area contributed by atoms with Crippen LogP contribution in [0.2, 0.25) is 0 Å². The largest absolute Gasteiger partial charge is 0.0893 e. The second-order valence-corrected chi connectivity index (χ2v) is 8.06. The van der Waals surface area contributed by atoms with Gasteiger partial charge in [0.1, 0.15) is 0 Å². The van der Waals surface area contributed by atoms with Crippen molar-refractivity contribution in [3.05, 3.63) is 139 Å². The van der Waals surface area contributed by atoms with Crippen molar-refractivity contribution in [3.63, 3.8) is 0 Å². The van der Waals surface area contributed by atoms with E-state index in [1.807, 2.05) is 72.8 Å². The second kappa shape index (κ2) is 11.8. The summed E-state index contributed by atoms with van der Waals surface area (Å²) in [6, 6.07) is 30.4. The Kier molecular flexibility index (Phi) is 7.84. The summed E-state index contributed by atoms with van der Waals surface area (Å²) in [7, 11) is 0. The molecular weight excluding hydrogens is 450 g/mol. The second-order valence-electron chi connectivity index (χ2n) is 8.06. The maximum atomic E-state index is 8.57. The molecule has 0 saturated heterocycles. The molecule has 36 heavy (non-hydrogen) atoms. The summed E-state index contributed by atoms with van der Waals surface area (Å²) in [6.45, 7) is 0.936. The molecule has 4 aromatic carbocycles. The van der Waals surface area contributed by atoms with Gasteiger partial charge in [-0.3, -0.25) is 0 Å². The van der Waals surface area contributed by atoms with Crippen LogP contribution in [0.15, 0.2) is 106 Å². The monoisotopic (exact) mass is 471 g/mol. The first-order valence-electron chi connectivity index (χ1n) is 11.2. The molecule has 0 saturated carbocycles. The Morgan fingerprint density at radius 1 is 0.389 bits per heavy atom. The van der Waals surface area contributed by atoms with Gasteiger partial charge in [0, 0.05) is 14.7 Å². The van der Waals surface area contributed by atoms with Gasteiger partial charge in [-0.1, -0.05) is 88.1 Å². The Hall–Kier alpha value is -5.19. The van der Waals surface area contributed by atoms with Crippen LogP contribution in [-0.4, -0.2) is 0 Å². The smallest absolute Gasteiger partial charge is 0.0510 e. The first-order valence-corrected chi connectivity index (χ1v) is 11.2. The lowest BCUT2D eigenvalue weighted by molar-refractivity contribution is 1.05. The zero-order valence-corrected chi connectivity index (χ0v) is 19.3. The van der Waals surface area contributed by atoms with E-state index in [0.717, 1.165) is 50.1 Å². The van der Waals surface area contributed by atoms with Crippen LogP contribution in [-0.2, 0) is 19.6 Å². The fraction of sp³-hybridized carbons (Fsp3) is 0.111. The minimum absolute atomic E-state index is 0.312. The van der Waals surface area contributed by atoms with Crippen LogP contribution in [0.5, 0.6) is 0 Å². The minimum atomic E-state index is 0.312. The maximum absolute atomic E-state index is 8.57. The van der Waals surface area contributed by atoms with E-state index in [4.69, 9.17) is 16.6 Å². The van der Waals surface area contributed by atoms with E-state index < -0.39 is 0 Å². The molecule has 0 spiro atoms. The highest BCUT2D eigenvalue weighted by atomic mass is 15.1. The van der Waals surface area contributed by atoms with Gasteiger partial charge in [-0.2, -0.15) is 0 Å². The molecule has 0 fully saturated rings. The Bertz CT molecular complexity index is 1290. The molecule has 0 N–H and O–H groups in total. The third-order valence-electron chi connectivity index (χ3n) is 5.74. The van der Waals surface area contributed by atoms with Crippen molar-refractivity contribution < 1.29 is 0 Å².